The summed E-state index contributed by atoms with van der Waals surface area (Å²) in [6.45, 7) is 0.526. The second-order valence-electron chi connectivity index (χ2n) is 7.00. The van der Waals surface area contributed by atoms with E-state index in [0.717, 1.165) is 24.1 Å². The molecule has 138 valence electrons. The molecule has 0 aromatic heterocycles. The standard InChI is InChI=1S/C19H28N4O.HI/c20-19(23-16-9-2-1-3-10-16)21-13-14-6-4-11-17(12-14)22-18(24)15-7-5-8-15;/h4,6,11-12,15-16H,1-3,5,7-10,13H2,(H,22,24)(H3,20,21,23);1H. The predicted octanol–water partition coefficient (Wildman–Crippen LogP) is 3.78. The predicted molar refractivity (Wildman–Crippen MR) is 113 cm³/mol. The zero-order chi connectivity index (χ0) is 16.8. The highest BCUT2D eigenvalue weighted by Crippen LogP contribution is 2.27. The van der Waals surface area contributed by atoms with E-state index in [4.69, 9.17) is 5.73 Å². The molecule has 6 heteroatoms. The highest BCUT2D eigenvalue weighted by molar-refractivity contribution is 14.0. The third-order valence-corrected chi connectivity index (χ3v) is 5.06. The number of rotatable bonds is 5. The summed E-state index contributed by atoms with van der Waals surface area (Å²) in [7, 11) is 0. The highest BCUT2D eigenvalue weighted by atomic mass is 127. The van der Waals surface area contributed by atoms with Crippen LogP contribution >= 0.6 is 24.0 Å². The lowest BCUT2D eigenvalue weighted by atomic mass is 9.85. The van der Waals surface area contributed by atoms with Crippen LogP contribution in [-0.4, -0.2) is 17.9 Å². The maximum Gasteiger partial charge on any atom is 0.227 e. The van der Waals surface area contributed by atoms with Gasteiger partial charge < -0.3 is 16.4 Å². The van der Waals surface area contributed by atoms with Gasteiger partial charge in [-0.3, -0.25) is 4.79 Å². The van der Waals surface area contributed by atoms with Crippen LogP contribution in [0.5, 0.6) is 0 Å². The first-order chi connectivity index (χ1) is 11.7. The van der Waals surface area contributed by atoms with Gasteiger partial charge in [-0.2, -0.15) is 0 Å². The lowest BCUT2D eigenvalue weighted by molar-refractivity contribution is -0.122. The fourth-order valence-electron chi connectivity index (χ4n) is 3.34. The number of anilines is 1. The van der Waals surface area contributed by atoms with Crippen LogP contribution in [0.1, 0.15) is 56.9 Å². The molecule has 0 atom stereocenters. The molecule has 3 rings (SSSR count). The fraction of sp³-hybridized carbons (Fsp3) is 0.579. The zero-order valence-electron chi connectivity index (χ0n) is 14.7. The molecule has 0 unspecified atom stereocenters. The Labute approximate surface area is 167 Å². The fourth-order valence-corrected chi connectivity index (χ4v) is 3.34. The summed E-state index contributed by atoms with van der Waals surface area (Å²) < 4.78 is 0. The summed E-state index contributed by atoms with van der Waals surface area (Å²) in [5.74, 6) is 0.855. The maximum absolute atomic E-state index is 12.0. The van der Waals surface area contributed by atoms with Crippen molar-refractivity contribution in [2.75, 3.05) is 5.32 Å². The molecule has 2 fully saturated rings. The van der Waals surface area contributed by atoms with Crippen LogP contribution in [0.25, 0.3) is 0 Å². The van der Waals surface area contributed by atoms with Crippen molar-refractivity contribution in [3.05, 3.63) is 29.8 Å². The minimum absolute atomic E-state index is 0. The van der Waals surface area contributed by atoms with Gasteiger partial charge in [0.1, 0.15) is 0 Å². The van der Waals surface area contributed by atoms with Crippen LogP contribution in [0.3, 0.4) is 0 Å². The first-order valence-corrected chi connectivity index (χ1v) is 9.17. The number of aliphatic imine (C=N–C) groups is 1. The molecule has 4 N–H and O–H groups in total. The van der Waals surface area contributed by atoms with E-state index in [-0.39, 0.29) is 35.8 Å². The summed E-state index contributed by atoms with van der Waals surface area (Å²) in [6.07, 6.45) is 9.42. The Kier molecular flexibility index (Phi) is 7.99. The summed E-state index contributed by atoms with van der Waals surface area (Å²) in [5.41, 5.74) is 7.90. The topological polar surface area (TPSA) is 79.5 Å². The number of hydrogen-bond acceptors (Lipinski definition) is 2. The second-order valence-corrected chi connectivity index (χ2v) is 7.00. The van der Waals surface area contributed by atoms with Crippen LogP contribution in [-0.2, 0) is 11.3 Å². The zero-order valence-corrected chi connectivity index (χ0v) is 17.0. The molecule has 0 saturated heterocycles. The molecule has 0 radical (unpaired) electrons. The van der Waals surface area contributed by atoms with Gasteiger partial charge in [0.05, 0.1) is 6.54 Å². The molecule has 0 aliphatic heterocycles. The number of amides is 1. The summed E-state index contributed by atoms with van der Waals surface area (Å²) in [6, 6.07) is 8.33. The number of carbonyl (C=O) groups is 1. The van der Waals surface area contributed by atoms with Gasteiger partial charge in [0, 0.05) is 17.6 Å². The van der Waals surface area contributed by atoms with Gasteiger partial charge in [0.15, 0.2) is 5.96 Å². The Hall–Kier alpha value is -1.31. The Morgan fingerprint density at radius 1 is 1.12 bits per heavy atom. The monoisotopic (exact) mass is 456 g/mol. The number of guanidine groups is 1. The lowest BCUT2D eigenvalue weighted by Gasteiger charge is -2.24. The van der Waals surface area contributed by atoms with Crippen molar-refractivity contribution in [1.82, 2.24) is 5.32 Å². The smallest absolute Gasteiger partial charge is 0.227 e. The number of carbonyl (C=O) groups excluding carboxylic acids is 1. The van der Waals surface area contributed by atoms with Gasteiger partial charge >= 0.3 is 0 Å². The number of hydrogen-bond donors (Lipinski definition) is 3. The number of nitrogens with two attached hydrogens (primary N) is 1. The summed E-state index contributed by atoms with van der Waals surface area (Å²) >= 11 is 0. The van der Waals surface area contributed by atoms with E-state index in [1.54, 1.807) is 0 Å². The minimum atomic E-state index is 0. The van der Waals surface area contributed by atoms with Gasteiger partial charge in [-0.05, 0) is 43.4 Å². The molecule has 2 saturated carbocycles. The largest absolute Gasteiger partial charge is 0.370 e. The van der Waals surface area contributed by atoms with Gasteiger partial charge in [0.25, 0.3) is 0 Å². The van der Waals surface area contributed by atoms with Crippen LogP contribution in [0, 0.1) is 5.92 Å². The molecule has 0 bridgehead atoms. The number of nitrogens with zero attached hydrogens (tertiary/aromatic N) is 1. The van der Waals surface area contributed by atoms with Crippen molar-refractivity contribution in [1.29, 1.82) is 0 Å². The van der Waals surface area contributed by atoms with Crippen LogP contribution in [0.15, 0.2) is 29.3 Å². The van der Waals surface area contributed by atoms with Crippen molar-refractivity contribution < 1.29 is 4.79 Å². The van der Waals surface area contributed by atoms with Crippen molar-refractivity contribution in [2.45, 2.75) is 64.0 Å². The van der Waals surface area contributed by atoms with Gasteiger partial charge in [0.2, 0.25) is 5.91 Å². The first kappa shape index (κ1) is 20.0. The van der Waals surface area contributed by atoms with Gasteiger partial charge in [-0.25, -0.2) is 4.99 Å². The molecular formula is C19H29IN4O. The molecule has 1 amide bonds. The van der Waals surface area contributed by atoms with E-state index in [0.29, 0.717) is 18.5 Å². The summed E-state index contributed by atoms with van der Waals surface area (Å²) in [5, 5.41) is 6.33. The molecule has 25 heavy (non-hydrogen) atoms. The Morgan fingerprint density at radius 3 is 2.56 bits per heavy atom. The van der Waals surface area contributed by atoms with Crippen LogP contribution < -0.4 is 16.4 Å². The van der Waals surface area contributed by atoms with Crippen molar-refractivity contribution in [3.8, 4) is 0 Å². The van der Waals surface area contributed by atoms with E-state index in [1.165, 1.54) is 38.5 Å². The third kappa shape index (κ3) is 6.17. The Morgan fingerprint density at radius 2 is 1.88 bits per heavy atom. The van der Waals surface area contributed by atoms with Crippen molar-refractivity contribution in [2.24, 2.45) is 16.6 Å². The van der Waals surface area contributed by atoms with Crippen molar-refractivity contribution >= 4 is 41.5 Å². The minimum Gasteiger partial charge on any atom is -0.370 e. The van der Waals surface area contributed by atoms with Gasteiger partial charge in [-0.1, -0.05) is 37.8 Å². The summed E-state index contributed by atoms with van der Waals surface area (Å²) in [4.78, 5) is 16.5. The first-order valence-electron chi connectivity index (χ1n) is 9.17. The number of halogens is 1. The quantitative estimate of drug-likeness (QED) is 0.359. The lowest BCUT2D eigenvalue weighted by Crippen LogP contribution is -2.41. The third-order valence-electron chi connectivity index (χ3n) is 5.06. The second kappa shape index (κ2) is 9.99. The van der Waals surface area contributed by atoms with Crippen LogP contribution in [0.2, 0.25) is 0 Å². The molecule has 2 aliphatic carbocycles. The van der Waals surface area contributed by atoms with E-state index in [1.807, 2.05) is 24.3 Å². The van der Waals surface area contributed by atoms with E-state index in [9.17, 15) is 4.79 Å². The van der Waals surface area contributed by atoms with Gasteiger partial charge in [-0.15, -0.1) is 24.0 Å². The van der Waals surface area contributed by atoms with E-state index in [2.05, 4.69) is 15.6 Å². The highest BCUT2D eigenvalue weighted by Gasteiger charge is 2.25. The Balaban J connectivity index is 0.00000225. The molecule has 0 heterocycles. The van der Waals surface area contributed by atoms with E-state index >= 15 is 0 Å². The normalized spacial score (nSPS) is 18.8. The SMILES string of the molecule is I.NC(=NCc1cccc(NC(=O)C2CCC2)c1)NC1CCCCC1. The van der Waals surface area contributed by atoms with Crippen molar-refractivity contribution in [3.63, 3.8) is 0 Å². The average molecular weight is 456 g/mol. The molecule has 5 nitrogen and oxygen atoms in total. The van der Waals surface area contributed by atoms with E-state index < -0.39 is 0 Å². The molecule has 1 aromatic rings. The number of benzene rings is 1. The molecule has 0 spiro atoms. The average Bonchev–Trinajstić information content (AvgIpc) is 2.52. The molecule has 2 aliphatic rings. The van der Waals surface area contributed by atoms with Crippen LogP contribution in [0.4, 0.5) is 5.69 Å². The molecule has 1 aromatic carbocycles. The number of nitrogens with one attached hydrogen (secondary N) is 2. The Bertz CT molecular complexity index is 595. The maximum atomic E-state index is 12.0. The molecular weight excluding hydrogens is 427 g/mol.